The molecule has 170 valence electrons. The van der Waals surface area contributed by atoms with Crippen LogP contribution in [0.2, 0.25) is 0 Å². The van der Waals surface area contributed by atoms with Crippen LogP contribution in [-0.2, 0) is 17.1 Å². The van der Waals surface area contributed by atoms with E-state index in [0.717, 1.165) is 12.1 Å². The zero-order chi connectivity index (χ0) is 23.5. The average molecular weight is 465 g/mol. The van der Waals surface area contributed by atoms with Gasteiger partial charge >= 0.3 is 0 Å². The Kier molecular flexibility index (Phi) is 6.78. The second kappa shape index (κ2) is 9.35. The van der Waals surface area contributed by atoms with Gasteiger partial charge in [-0.2, -0.15) is 0 Å². The van der Waals surface area contributed by atoms with Crippen molar-refractivity contribution < 1.29 is 26.7 Å². The van der Waals surface area contributed by atoms with Gasteiger partial charge in [-0.25, -0.2) is 22.2 Å². The van der Waals surface area contributed by atoms with Gasteiger partial charge in [0.1, 0.15) is 11.6 Å². The van der Waals surface area contributed by atoms with Gasteiger partial charge in [-0.05, 0) is 32.0 Å². The van der Waals surface area contributed by atoms with Crippen molar-refractivity contribution in [3.63, 3.8) is 0 Å². The molecule has 0 spiro atoms. The highest BCUT2D eigenvalue weighted by Crippen LogP contribution is 2.38. The molecule has 0 amide bonds. The minimum absolute atomic E-state index is 0.102. The van der Waals surface area contributed by atoms with Gasteiger partial charge in [-0.3, -0.25) is 9.52 Å². The number of aromatic nitrogens is 2. The monoisotopic (exact) mass is 465 g/mol. The molecule has 3 rings (SSSR count). The topological polar surface area (TPSA) is 99.5 Å². The van der Waals surface area contributed by atoms with Crippen LogP contribution >= 0.6 is 0 Å². The maximum Gasteiger partial charge on any atom is 0.254 e. The molecular formula is C21H21F2N3O5S. The number of nitrogens with zero attached hydrogens (tertiary/aromatic N) is 2. The van der Waals surface area contributed by atoms with E-state index >= 15 is 0 Å². The number of ether oxygens (including phenoxy) is 2. The minimum Gasteiger partial charge on any atom is -0.493 e. The summed E-state index contributed by atoms with van der Waals surface area (Å²) >= 11 is 0. The molecule has 0 radical (unpaired) electrons. The smallest absolute Gasteiger partial charge is 0.254 e. The summed E-state index contributed by atoms with van der Waals surface area (Å²) in [7, 11) is -2.08. The molecule has 1 N–H and O–H groups in total. The summed E-state index contributed by atoms with van der Waals surface area (Å²) in [6.07, 6.45) is 2.67. The highest BCUT2D eigenvalue weighted by atomic mass is 32.2. The van der Waals surface area contributed by atoms with E-state index in [-0.39, 0.29) is 46.5 Å². The van der Waals surface area contributed by atoms with Crippen LogP contribution in [0.15, 0.2) is 47.5 Å². The average Bonchev–Trinajstić information content (AvgIpc) is 2.73. The Morgan fingerprint density at radius 2 is 1.84 bits per heavy atom. The molecule has 0 fully saturated rings. The second-order valence-electron chi connectivity index (χ2n) is 6.69. The maximum absolute atomic E-state index is 14.2. The van der Waals surface area contributed by atoms with Crippen molar-refractivity contribution in [2.24, 2.45) is 7.05 Å². The van der Waals surface area contributed by atoms with Crippen molar-refractivity contribution in [3.05, 3.63) is 64.7 Å². The van der Waals surface area contributed by atoms with Crippen molar-refractivity contribution in [2.75, 3.05) is 17.1 Å². The summed E-state index contributed by atoms with van der Waals surface area (Å²) in [5.41, 5.74) is 0.380. The number of anilines is 1. The molecule has 0 unspecified atom stereocenters. The summed E-state index contributed by atoms with van der Waals surface area (Å²) in [4.78, 5) is 16.2. The second-order valence-corrected chi connectivity index (χ2v) is 8.70. The van der Waals surface area contributed by atoms with Gasteiger partial charge in [0, 0.05) is 30.9 Å². The lowest BCUT2D eigenvalue weighted by molar-refractivity contribution is 0.340. The van der Waals surface area contributed by atoms with E-state index in [4.69, 9.17) is 9.47 Å². The molecule has 11 heteroatoms. The summed E-state index contributed by atoms with van der Waals surface area (Å²) in [6.45, 7) is 3.46. The Morgan fingerprint density at radius 3 is 2.50 bits per heavy atom. The van der Waals surface area contributed by atoms with Crippen LogP contribution in [0, 0.1) is 11.6 Å². The Balaban J connectivity index is 2.20. The number of halogens is 2. The molecule has 0 atom stereocenters. The van der Waals surface area contributed by atoms with E-state index in [1.54, 1.807) is 6.92 Å². The fourth-order valence-corrected chi connectivity index (χ4v) is 3.40. The lowest BCUT2D eigenvalue weighted by Crippen LogP contribution is -2.16. The minimum atomic E-state index is -3.61. The first kappa shape index (κ1) is 23.2. The molecule has 0 aliphatic rings. The van der Waals surface area contributed by atoms with Gasteiger partial charge in [0.15, 0.2) is 11.6 Å². The van der Waals surface area contributed by atoms with Gasteiger partial charge < -0.3 is 14.0 Å². The third-order valence-electron chi connectivity index (χ3n) is 4.39. The Morgan fingerprint density at radius 1 is 1.09 bits per heavy atom. The first-order valence-electron chi connectivity index (χ1n) is 9.60. The lowest BCUT2D eigenvalue weighted by atomic mass is 10.1. The van der Waals surface area contributed by atoms with Crippen molar-refractivity contribution in [1.82, 2.24) is 9.55 Å². The van der Waals surface area contributed by atoms with Crippen LogP contribution < -0.4 is 19.8 Å². The number of pyridine rings is 2. The maximum atomic E-state index is 14.2. The Hall–Kier alpha value is -3.47. The molecule has 8 nitrogen and oxygen atoms in total. The molecular weight excluding hydrogens is 444 g/mol. The number of sulfonamides is 1. The van der Waals surface area contributed by atoms with Crippen LogP contribution in [0.3, 0.4) is 0 Å². The van der Waals surface area contributed by atoms with Crippen molar-refractivity contribution >= 4 is 15.7 Å². The normalized spacial score (nSPS) is 11.3. The van der Waals surface area contributed by atoms with E-state index < -0.39 is 21.7 Å². The standard InChI is InChI=1S/C21H21F2N3O5S/c1-4-30-19-10-20(27)26(3)12-16(19)15-9-14(25-32(28,29)5-2)11-24-21(15)31-18-7-6-13(22)8-17(18)23/h6-12,25H,4-5H2,1-3H3. The zero-order valence-corrected chi connectivity index (χ0v) is 18.4. The lowest BCUT2D eigenvalue weighted by Gasteiger charge is -2.16. The number of hydrogen-bond donors (Lipinski definition) is 1. The van der Waals surface area contributed by atoms with E-state index in [0.29, 0.717) is 11.6 Å². The van der Waals surface area contributed by atoms with Crippen LogP contribution in [-0.4, -0.2) is 30.3 Å². The molecule has 0 saturated carbocycles. The third kappa shape index (κ3) is 5.22. The Bertz CT molecular complexity index is 1310. The molecule has 32 heavy (non-hydrogen) atoms. The number of rotatable bonds is 8. The summed E-state index contributed by atoms with van der Waals surface area (Å²) in [5.74, 6) is -2.06. The zero-order valence-electron chi connectivity index (χ0n) is 17.6. The predicted octanol–water partition coefficient (Wildman–Crippen LogP) is 3.68. The summed E-state index contributed by atoms with van der Waals surface area (Å²) < 4.78 is 66.3. The van der Waals surface area contributed by atoms with Crippen molar-refractivity contribution in [1.29, 1.82) is 0 Å². The van der Waals surface area contributed by atoms with Gasteiger partial charge in [-0.15, -0.1) is 0 Å². The highest BCUT2D eigenvalue weighted by Gasteiger charge is 2.19. The molecule has 0 aliphatic carbocycles. The first-order valence-corrected chi connectivity index (χ1v) is 11.3. The number of benzene rings is 1. The summed E-state index contributed by atoms with van der Waals surface area (Å²) in [5, 5.41) is 0. The number of nitrogens with one attached hydrogen (secondary N) is 1. The first-order chi connectivity index (χ1) is 15.1. The van der Waals surface area contributed by atoms with E-state index in [1.165, 1.54) is 43.1 Å². The fourth-order valence-electron chi connectivity index (χ4n) is 2.79. The fraction of sp³-hybridized carbons (Fsp3) is 0.238. The third-order valence-corrected chi connectivity index (χ3v) is 5.69. The van der Waals surface area contributed by atoms with E-state index in [9.17, 15) is 22.0 Å². The largest absolute Gasteiger partial charge is 0.493 e. The quantitative estimate of drug-likeness (QED) is 0.545. The molecule has 3 aromatic rings. The predicted molar refractivity (Wildman–Crippen MR) is 116 cm³/mol. The van der Waals surface area contributed by atoms with Crippen LogP contribution in [0.4, 0.5) is 14.5 Å². The van der Waals surface area contributed by atoms with Crippen molar-refractivity contribution in [2.45, 2.75) is 13.8 Å². The van der Waals surface area contributed by atoms with Gasteiger partial charge in [0.05, 0.1) is 29.8 Å². The van der Waals surface area contributed by atoms with Crippen LogP contribution in [0.5, 0.6) is 17.4 Å². The summed E-state index contributed by atoms with van der Waals surface area (Å²) in [6, 6.07) is 5.49. The van der Waals surface area contributed by atoms with E-state index in [2.05, 4.69) is 9.71 Å². The molecule has 0 aliphatic heterocycles. The highest BCUT2D eigenvalue weighted by molar-refractivity contribution is 7.92. The van der Waals surface area contributed by atoms with Gasteiger partial charge in [-0.1, -0.05) is 0 Å². The van der Waals surface area contributed by atoms with Crippen LogP contribution in [0.25, 0.3) is 11.1 Å². The molecule has 2 aromatic heterocycles. The van der Waals surface area contributed by atoms with Gasteiger partial charge in [0.25, 0.3) is 5.56 Å². The molecule has 2 heterocycles. The van der Waals surface area contributed by atoms with Crippen LogP contribution in [0.1, 0.15) is 13.8 Å². The molecule has 0 bridgehead atoms. The van der Waals surface area contributed by atoms with Gasteiger partial charge in [0.2, 0.25) is 15.9 Å². The molecule has 0 saturated heterocycles. The SMILES string of the molecule is CCOc1cc(=O)n(C)cc1-c1cc(NS(=O)(=O)CC)cnc1Oc1ccc(F)cc1F. The molecule has 1 aromatic carbocycles. The number of aryl methyl sites for hydroxylation is 1. The Labute approximate surface area is 183 Å². The van der Waals surface area contributed by atoms with E-state index in [1.807, 2.05) is 0 Å². The number of hydrogen-bond acceptors (Lipinski definition) is 6. The van der Waals surface area contributed by atoms with Crippen molar-refractivity contribution in [3.8, 4) is 28.5 Å².